The molecule has 1 aliphatic rings. The average molecular weight is 393 g/mol. The highest BCUT2D eigenvalue weighted by Gasteiger charge is 2.27. The number of rotatable bonds is 4. The molecule has 0 bridgehead atoms. The first-order valence-electron chi connectivity index (χ1n) is 9.69. The zero-order chi connectivity index (χ0) is 20.4. The van der Waals surface area contributed by atoms with Gasteiger partial charge in [-0.15, -0.1) is 0 Å². The molecule has 1 aromatic carbocycles. The zero-order valence-corrected chi connectivity index (χ0v) is 16.5. The van der Waals surface area contributed by atoms with Crippen LogP contribution in [-0.4, -0.2) is 39.8 Å². The predicted molar refractivity (Wildman–Crippen MR) is 108 cm³/mol. The molecule has 1 amide bonds. The fraction of sp³-hybridized carbons (Fsp3) is 0.318. The average Bonchev–Trinajstić information content (AvgIpc) is 3.09. The number of hydrogen-bond donors (Lipinski definition) is 0. The number of nitrogens with zero attached hydrogens (tertiary/aromatic N) is 3. The molecule has 0 N–H and O–H groups in total. The van der Waals surface area contributed by atoms with Gasteiger partial charge in [-0.25, -0.2) is 9.48 Å². The molecule has 0 saturated carbocycles. The van der Waals surface area contributed by atoms with Gasteiger partial charge >= 0.3 is 5.63 Å². The summed E-state index contributed by atoms with van der Waals surface area (Å²) in [7, 11) is 0. The first kappa shape index (κ1) is 19.0. The minimum Gasteiger partial charge on any atom is -0.490 e. The molecule has 150 valence electrons. The van der Waals surface area contributed by atoms with Crippen molar-refractivity contribution in [3.63, 3.8) is 0 Å². The van der Waals surface area contributed by atoms with Crippen molar-refractivity contribution < 1.29 is 13.9 Å². The Bertz CT molecular complexity index is 1060. The Labute approximate surface area is 168 Å². The van der Waals surface area contributed by atoms with Crippen molar-refractivity contribution in [2.45, 2.75) is 32.8 Å². The van der Waals surface area contributed by atoms with Crippen LogP contribution in [0.2, 0.25) is 0 Å². The van der Waals surface area contributed by atoms with E-state index in [1.165, 1.54) is 6.07 Å². The third-order valence-electron chi connectivity index (χ3n) is 5.14. The number of benzene rings is 1. The number of piperidine rings is 1. The first-order valence-corrected chi connectivity index (χ1v) is 9.69. The summed E-state index contributed by atoms with van der Waals surface area (Å²) >= 11 is 0. The molecule has 0 radical (unpaired) electrons. The minimum absolute atomic E-state index is 0.0145. The third-order valence-corrected chi connectivity index (χ3v) is 5.14. The summed E-state index contributed by atoms with van der Waals surface area (Å²) in [6, 6.07) is 12.8. The molecule has 7 heteroatoms. The van der Waals surface area contributed by atoms with E-state index < -0.39 is 5.63 Å². The van der Waals surface area contributed by atoms with Gasteiger partial charge in [0.15, 0.2) is 0 Å². The molecule has 0 unspecified atom stereocenters. The Kier molecular flexibility index (Phi) is 5.20. The number of para-hydroxylation sites is 1. The maximum absolute atomic E-state index is 13.0. The highest BCUT2D eigenvalue weighted by atomic mass is 16.5. The molecule has 3 heterocycles. The second-order valence-electron chi connectivity index (χ2n) is 7.22. The number of aromatic nitrogens is 2. The van der Waals surface area contributed by atoms with Gasteiger partial charge in [-0.2, -0.15) is 5.10 Å². The fourth-order valence-electron chi connectivity index (χ4n) is 3.63. The second kappa shape index (κ2) is 7.95. The number of carbonyl (C=O) groups is 1. The summed E-state index contributed by atoms with van der Waals surface area (Å²) in [5.74, 6) is 1.02. The summed E-state index contributed by atoms with van der Waals surface area (Å²) in [4.78, 5) is 26.3. The van der Waals surface area contributed by atoms with E-state index >= 15 is 0 Å². The molecule has 2 aromatic heterocycles. The van der Waals surface area contributed by atoms with Crippen LogP contribution >= 0.6 is 0 Å². The third kappa shape index (κ3) is 4.08. The molecule has 0 spiro atoms. The SMILES string of the molecule is Cc1cc(OC2CCN(C(=O)c3cnn(-c4ccccc4)c3C)CC2)cc(=O)o1. The number of carbonyl (C=O) groups excluding carboxylic acids is 1. The Morgan fingerprint density at radius 2 is 1.86 bits per heavy atom. The van der Waals surface area contributed by atoms with Crippen molar-refractivity contribution in [1.29, 1.82) is 0 Å². The molecular formula is C22H23N3O4. The van der Waals surface area contributed by atoms with Crippen molar-refractivity contribution in [2.24, 2.45) is 0 Å². The quantitative estimate of drug-likeness (QED) is 0.681. The van der Waals surface area contributed by atoms with Crippen LogP contribution in [0.15, 0.2) is 57.9 Å². The van der Waals surface area contributed by atoms with Gasteiger partial charge in [-0.05, 0) is 26.0 Å². The lowest BCUT2D eigenvalue weighted by atomic mass is 10.1. The van der Waals surface area contributed by atoms with Crippen molar-refractivity contribution in [3.05, 3.63) is 76.1 Å². The predicted octanol–water partition coefficient (Wildman–Crippen LogP) is 3.13. The van der Waals surface area contributed by atoms with Crippen molar-refractivity contribution in [2.75, 3.05) is 13.1 Å². The molecule has 1 aliphatic heterocycles. The van der Waals surface area contributed by atoms with Crippen molar-refractivity contribution in [3.8, 4) is 11.4 Å². The zero-order valence-electron chi connectivity index (χ0n) is 16.5. The molecule has 7 nitrogen and oxygen atoms in total. The number of amides is 1. The van der Waals surface area contributed by atoms with Gasteiger partial charge in [0.2, 0.25) is 0 Å². The van der Waals surface area contributed by atoms with Crippen LogP contribution in [-0.2, 0) is 0 Å². The van der Waals surface area contributed by atoms with Gasteiger partial charge < -0.3 is 14.1 Å². The van der Waals surface area contributed by atoms with Crippen molar-refractivity contribution in [1.82, 2.24) is 14.7 Å². The topological polar surface area (TPSA) is 77.6 Å². The molecule has 1 saturated heterocycles. The van der Waals surface area contributed by atoms with Crippen LogP contribution in [0.25, 0.3) is 5.69 Å². The maximum Gasteiger partial charge on any atom is 0.339 e. The molecule has 29 heavy (non-hydrogen) atoms. The number of aryl methyl sites for hydroxylation is 1. The van der Waals surface area contributed by atoms with E-state index in [2.05, 4.69) is 5.10 Å². The largest absolute Gasteiger partial charge is 0.490 e. The normalized spacial score (nSPS) is 14.8. The molecular weight excluding hydrogens is 370 g/mol. The number of hydrogen-bond acceptors (Lipinski definition) is 5. The molecule has 3 aromatic rings. The Morgan fingerprint density at radius 3 is 2.55 bits per heavy atom. The van der Waals surface area contributed by atoms with Gasteiger partial charge in [0.05, 0.1) is 29.2 Å². The highest BCUT2D eigenvalue weighted by molar-refractivity contribution is 5.95. The maximum atomic E-state index is 13.0. The second-order valence-corrected chi connectivity index (χ2v) is 7.22. The van der Waals surface area contributed by atoms with E-state index in [1.54, 1.807) is 23.9 Å². The monoisotopic (exact) mass is 393 g/mol. The standard InChI is InChI=1S/C22H23N3O4/c1-15-12-19(13-21(26)28-15)29-18-8-10-24(11-9-18)22(27)20-14-23-25(16(20)2)17-6-4-3-5-7-17/h3-7,12-14,18H,8-11H2,1-2H3. The van der Waals surface area contributed by atoms with E-state index in [9.17, 15) is 9.59 Å². The van der Waals surface area contributed by atoms with Crippen molar-refractivity contribution >= 4 is 5.91 Å². The highest BCUT2D eigenvalue weighted by Crippen LogP contribution is 2.22. The summed E-state index contributed by atoms with van der Waals surface area (Å²) < 4.78 is 12.7. The van der Waals surface area contributed by atoms with Crippen LogP contribution < -0.4 is 10.4 Å². The molecule has 4 rings (SSSR count). The van der Waals surface area contributed by atoms with E-state index in [1.807, 2.05) is 42.2 Å². The van der Waals surface area contributed by atoms with E-state index in [-0.39, 0.29) is 12.0 Å². The van der Waals surface area contributed by atoms with Crippen LogP contribution in [0.4, 0.5) is 0 Å². The van der Waals surface area contributed by atoms with Gasteiger partial charge in [-0.1, -0.05) is 18.2 Å². The lowest BCUT2D eigenvalue weighted by Crippen LogP contribution is -2.42. The molecule has 0 atom stereocenters. The van der Waals surface area contributed by atoms with Gasteiger partial charge in [0.25, 0.3) is 5.91 Å². The van der Waals surface area contributed by atoms with Gasteiger partial charge in [0.1, 0.15) is 17.6 Å². The fourth-order valence-corrected chi connectivity index (χ4v) is 3.63. The Morgan fingerprint density at radius 1 is 1.14 bits per heavy atom. The summed E-state index contributed by atoms with van der Waals surface area (Å²) in [6.45, 7) is 4.82. The van der Waals surface area contributed by atoms with E-state index in [0.29, 0.717) is 43.0 Å². The molecule has 0 aliphatic carbocycles. The first-order chi connectivity index (χ1) is 14.0. The Balaban J connectivity index is 1.41. The summed E-state index contributed by atoms with van der Waals surface area (Å²) in [5, 5.41) is 4.40. The lowest BCUT2D eigenvalue weighted by molar-refractivity contribution is 0.0593. The van der Waals surface area contributed by atoms with Crippen LogP contribution in [0, 0.1) is 13.8 Å². The van der Waals surface area contributed by atoms with E-state index in [0.717, 1.165) is 11.4 Å². The van der Waals surface area contributed by atoms with E-state index in [4.69, 9.17) is 9.15 Å². The summed E-state index contributed by atoms with van der Waals surface area (Å²) in [6.07, 6.45) is 3.01. The Hall–Kier alpha value is -3.35. The number of ether oxygens (including phenoxy) is 1. The van der Waals surface area contributed by atoms with Crippen LogP contribution in [0.1, 0.15) is 34.7 Å². The van der Waals surface area contributed by atoms with Gasteiger partial charge in [-0.3, -0.25) is 4.79 Å². The lowest BCUT2D eigenvalue weighted by Gasteiger charge is -2.32. The minimum atomic E-state index is -0.418. The van der Waals surface area contributed by atoms with Gasteiger partial charge in [0, 0.05) is 32.0 Å². The summed E-state index contributed by atoms with van der Waals surface area (Å²) in [5.41, 5.74) is 1.95. The molecule has 1 fully saturated rings. The van der Waals surface area contributed by atoms with Crippen LogP contribution in [0.3, 0.4) is 0 Å². The number of likely N-dealkylation sites (tertiary alicyclic amines) is 1. The smallest absolute Gasteiger partial charge is 0.339 e. The van der Waals surface area contributed by atoms with Crippen LogP contribution in [0.5, 0.6) is 5.75 Å².